The maximum absolute atomic E-state index is 12.9. The Bertz CT molecular complexity index is 1070. The van der Waals surface area contributed by atoms with E-state index in [0.717, 1.165) is 12.2 Å². The first-order valence-corrected chi connectivity index (χ1v) is 11.2. The molecule has 0 fully saturated rings. The van der Waals surface area contributed by atoms with E-state index < -0.39 is 5.91 Å². The third-order valence-corrected chi connectivity index (χ3v) is 5.40. The van der Waals surface area contributed by atoms with E-state index in [1.165, 1.54) is 6.20 Å². The van der Waals surface area contributed by atoms with E-state index in [1.807, 2.05) is 31.9 Å². The van der Waals surface area contributed by atoms with Crippen molar-refractivity contribution >= 4 is 50.8 Å². The molecule has 2 aromatic heterocycles. The van der Waals surface area contributed by atoms with Crippen LogP contribution in [0.25, 0.3) is 0 Å². The molecule has 3 rings (SSSR count). The van der Waals surface area contributed by atoms with Gasteiger partial charge in [-0.3, -0.25) is 9.48 Å². The van der Waals surface area contributed by atoms with Crippen molar-refractivity contribution in [3.63, 3.8) is 0 Å². The van der Waals surface area contributed by atoms with Crippen LogP contribution >= 0.6 is 27.5 Å². The smallest absolute Gasteiger partial charge is 0.262 e. The predicted octanol–water partition coefficient (Wildman–Crippen LogP) is 4.61. The Morgan fingerprint density at radius 1 is 1.34 bits per heavy atom. The highest BCUT2D eigenvalue weighted by atomic mass is 79.9. The van der Waals surface area contributed by atoms with E-state index in [0.29, 0.717) is 27.7 Å². The fourth-order valence-corrected chi connectivity index (χ4v) is 3.81. The van der Waals surface area contributed by atoms with Crippen LogP contribution in [0.2, 0.25) is 5.02 Å². The predicted molar refractivity (Wildman–Crippen MR) is 129 cm³/mol. The van der Waals surface area contributed by atoms with Crippen LogP contribution in [-0.4, -0.2) is 57.8 Å². The van der Waals surface area contributed by atoms with Crippen molar-refractivity contribution in [2.45, 2.75) is 19.9 Å². The molecular weight excluding hydrogens is 498 g/mol. The molecule has 170 valence electrons. The number of ether oxygens (including phenoxy) is 1. The summed E-state index contributed by atoms with van der Waals surface area (Å²) < 4.78 is 8.13. The number of amides is 1. The summed E-state index contributed by atoms with van der Waals surface area (Å²) >= 11 is 9.59. The molecular formula is C21H25BrClN7O2. The van der Waals surface area contributed by atoms with E-state index in [2.05, 4.69) is 53.5 Å². The molecule has 1 amide bonds. The Morgan fingerprint density at radius 3 is 2.81 bits per heavy atom. The van der Waals surface area contributed by atoms with Crippen LogP contribution in [0.15, 0.2) is 41.3 Å². The number of nitrogens with one attached hydrogen (secondary N) is 2. The van der Waals surface area contributed by atoms with Gasteiger partial charge in [-0.25, -0.2) is 4.98 Å². The maximum Gasteiger partial charge on any atom is 0.262 e. The van der Waals surface area contributed by atoms with Crippen molar-refractivity contribution in [2.75, 3.05) is 37.9 Å². The summed E-state index contributed by atoms with van der Waals surface area (Å²) in [6.45, 7) is 5.10. The fraction of sp³-hybridized carbons (Fsp3) is 0.333. The summed E-state index contributed by atoms with van der Waals surface area (Å²) in [4.78, 5) is 23.6. The van der Waals surface area contributed by atoms with E-state index >= 15 is 0 Å². The first-order chi connectivity index (χ1) is 15.3. The third-order valence-electron chi connectivity index (χ3n) is 4.42. The molecule has 0 saturated carbocycles. The lowest BCUT2D eigenvalue weighted by molar-refractivity contribution is 0.102. The van der Waals surface area contributed by atoms with Gasteiger partial charge in [0.1, 0.15) is 5.56 Å². The number of para-hydroxylation sites is 1. The lowest BCUT2D eigenvalue weighted by Gasteiger charge is -2.17. The van der Waals surface area contributed by atoms with Crippen molar-refractivity contribution in [1.29, 1.82) is 0 Å². The van der Waals surface area contributed by atoms with Crippen molar-refractivity contribution in [1.82, 2.24) is 24.6 Å². The van der Waals surface area contributed by atoms with Gasteiger partial charge in [0.2, 0.25) is 11.8 Å². The van der Waals surface area contributed by atoms with Gasteiger partial charge in [-0.15, -0.1) is 0 Å². The first kappa shape index (κ1) is 24.0. The molecule has 0 saturated heterocycles. The SMILES string of the molecule is CCOc1nc(Nc2cnn(C(C)CN(C)C)c2)ncc1C(=O)Nc1c(Cl)cccc1Br. The van der Waals surface area contributed by atoms with E-state index in [9.17, 15) is 4.79 Å². The summed E-state index contributed by atoms with van der Waals surface area (Å²) in [7, 11) is 4.04. The van der Waals surface area contributed by atoms with Gasteiger partial charge in [0.25, 0.3) is 5.91 Å². The average Bonchev–Trinajstić information content (AvgIpc) is 3.19. The zero-order valence-electron chi connectivity index (χ0n) is 18.3. The Hall–Kier alpha value is -2.69. The molecule has 2 N–H and O–H groups in total. The lowest BCUT2D eigenvalue weighted by atomic mass is 10.2. The number of benzene rings is 1. The summed E-state index contributed by atoms with van der Waals surface area (Å²) in [5.74, 6) is 0.0295. The number of hydrogen-bond donors (Lipinski definition) is 2. The number of carbonyl (C=O) groups is 1. The molecule has 0 bridgehead atoms. The van der Waals surface area contributed by atoms with Crippen molar-refractivity contribution in [3.8, 4) is 5.88 Å². The Morgan fingerprint density at radius 2 is 2.12 bits per heavy atom. The van der Waals surface area contributed by atoms with Crippen LogP contribution in [-0.2, 0) is 0 Å². The Balaban J connectivity index is 1.79. The first-order valence-electron chi connectivity index (χ1n) is 9.99. The van der Waals surface area contributed by atoms with Gasteiger partial charge < -0.3 is 20.3 Å². The average molecular weight is 523 g/mol. The molecule has 9 nitrogen and oxygen atoms in total. The highest BCUT2D eigenvalue weighted by Gasteiger charge is 2.19. The molecule has 32 heavy (non-hydrogen) atoms. The van der Waals surface area contributed by atoms with Gasteiger partial charge in [0.15, 0.2) is 0 Å². The van der Waals surface area contributed by atoms with Crippen LogP contribution in [0.1, 0.15) is 30.2 Å². The van der Waals surface area contributed by atoms with Crippen LogP contribution in [0.5, 0.6) is 5.88 Å². The summed E-state index contributed by atoms with van der Waals surface area (Å²) in [6.07, 6.45) is 5.00. The monoisotopic (exact) mass is 521 g/mol. The minimum atomic E-state index is -0.431. The van der Waals surface area contributed by atoms with E-state index in [1.54, 1.807) is 24.4 Å². The molecule has 1 unspecified atom stereocenters. The molecule has 1 aromatic carbocycles. The number of hydrogen-bond acceptors (Lipinski definition) is 7. The van der Waals surface area contributed by atoms with Crippen molar-refractivity contribution in [2.24, 2.45) is 0 Å². The number of nitrogens with zero attached hydrogens (tertiary/aromatic N) is 5. The maximum atomic E-state index is 12.9. The zero-order chi connectivity index (χ0) is 23.3. The minimum absolute atomic E-state index is 0.166. The topological polar surface area (TPSA) is 97.2 Å². The number of halogens is 2. The van der Waals surface area contributed by atoms with Crippen LogP contribution in [0.4, 0.5) is 17.3 Å². The van der Waals surface area contributed by atoms with E-state index in [-0.39, 0.29) is 17.5 Å². The number of aromatic nitrogens is 4. The molecule has 3 aromatic rings. The van der Waals surface area contributed by atoms with Gasteiger partial charge in [0.05, 0.1) is 35.2 Å². The largest absolute Gasteiger partial charge is 0.477 e. The van der Waals surface area contributed by atoms with Crippen LogP contribution in [0, 0.1) is 0 Å². The highest BCUT2D eigenvalue weighted by molar-refractivity contribution is 9.10. The number of likely N-dealkylation sites (N-methyl/N-ethyl adjacent to an activating group) is 1. The minimum Gasteiger partial charge on any atom is -0.477 e. The molecule has 0 radical (unpaired) electrons. The second kappa shape index (κ2) is 10.8. The van der Waals surface area contributed by atoms with Gasteiger partial charge in [-0.1, -0.05) is 17.7 Å². The summed E-state index contributed by atoms with van der Waals surface area (Å²) in [6, 6.07) is 5.46. The lowest BCUT2D eigenvalue weighted by Crippen LogP contribution is -2.22. The van der Waals surface area contributed by atoms with E-state index in [4.69, 9.17) is 16.3 Å². The van der Waals surface area contributed by atoms with Crippen LogP contribution in [0.3, 0.4) is 0 Å². The third kappa shape index (κ3) is 5.96. The summed E-state index contributed by atoms with van der Waals surface area (Å²) in [5, 5.41) is 10.7. The van der Waals surface area contributed by atoms with Gasteiger partial charge in [-0.2, -0.15) is 10.1 Å². The Labute approximate surface area is 200 Å². The summed E-state index contributed by atoms with van der Waals surface area (Å²) in [5.41, 5.74) is 1.39. The van der Waals surface area contributed by atoms with Gasteiger partial charge in [0, 0.05) is 23.4 Å². The fourth-order valence-electron chi connectivity index (χ4n) is 3.01. The molecule has 1 atom stereocenters. The normalized spacial score (nSPS) is 12.0. The highest BCUT2D eigenvalue weighted by Crippen LogP contribution is 2.31. The second-order valence-electron chi connectivity index (χ2n) is 7.34. The molecule has 2 heterocycles. The van der Waals surface area contributed by atoms with Crippen LogP contribution < -0.4 is 15.4 Å². The van der Waals surface area contributed by atoms with Gasteiger partial charge in [-0.05, 0) is 56.0 Å². The zero-order valence-corrected chi connectivity index (χ0v) is 20.6. The molecule has 0 aliphatic heterocycles. The number of rotatable bonds is 9. The van der Waals surface area contributed by atoms with Crippen molar-refractivity contribution < 1.29 is 9.53 Å². The number of anilines is 3. The van der Waals surface area contributed by atoms with Crippen molar-refractivity contribution in [3.05, 3.63) is 51.8 Å². The number of carbonyl (C=O) groups excluding carboxylic acids is 1. The molecule has 0 spiro atoms. The second-order valence-corrected chi connectivity index (χ2v) is 8.60. The molecule has 0 aliphatic carbocycles. The Kier molecular flexibility index (Phi) is 8.05. The van der Waals surface area contributed by atoms with Gasteiger partial charge >= 0.3 is 0 Å². The molecule has 11 heteroatoms. The quantitative estimate of drug-likeness (QED) is 0.424. The molecule has 0 aliphatic rings. The standard InChI is InChI=1S/C21H25BrClN7O2/c1-5-32-20-15(19(31)27-18-16(22)7-6-8-17(18)23)10-24-21(28-20)26-14-9-25-30(12-14)13(2)11-29(3)4/h6-10,12-13H,5,11H2,1-4H3,(H,27,31)(H,24,26,28).